The van der Waals surface area contributed by atoms with E-state index in [4.69, 9.17) is 4.74 Å². The molecule has 1 N–H and O–H groups in total. The molecule has 1 atom stereocenters. The molecule has 1 aromatic heterocycles. The summed E-state index contributed by atoms with van der Waals surface area (Å²) in [6.07, 6.45) is 0.932. The van der Waals surface area contributed by atoms with Crippen molar-refractivity contribution >= 4 is 17.2 Å². The van der Waals surface area contributed by atoms with Crippen LogP contribution in [0.2, 0.25) is 0 Å². The van der Waals surface area contributed by atoms with E-state index in [2.05, 4.69) is 43.6 Å². The van der Waals surface area contributed by atoms with Gasteiger partial charge >= 0.3 is 0 Å². The number of thiophene rings is 1. The van der Waals surface area contributed by atoms with E-state index in [0.717, 1.165) is 18.7 Å². The Balaban J connectivity index is 1.74. The van der Waals surface area contributed by atoms with Gasteiger partial charge < -0.3 is 15.0 Å². The molecule has 0 radical (unpaired) electrons. The zero-order valence-electron chi connectivity index (χ0n) is 15.1. The first kappa shape index (κ1) is 18.0. The maximum Gasteiger partial charge on any atom is 0.237 e. The summed E-state index contributed by atoms with van der Waals surface area (Å²) in [7, 11) is 0. The normalized spacial score (nSPS) is 16.8. The molecule has 0 spiro atoms. The predicted octanol–water partition coefficient (Wildman–Crippen LogP) is 3.56. The van der Waals surface area contributed by atoms with Crippen LogP contribution in [0.4, 0.5) is 0 Å². The lowest BCUT2D eigenvalue weighted by molar-refractivity contribution is -0.134. The fourth-order valence-electron chi connectivity index (χ4n) is 3.15. The van der Waals surface area contributed by atoms with Crippen LogP contribution in [0.15, 0.2) is 35.7 Å². The number of carbonyl (C=O) groups excluding carboxylic acids is 1. The number of amides is 1. The van der Waals surface area contributed by atoms with Gasteiger partial charge in [-0.1, -0.05) is 26.0 Å². The van der Waals surface area contributed by atoms with Crippen LogP contribution in [0.5, 0.6) is 5.75 Å². The fraction of sp³-hybridized carbons (Fsp3) is 0.450. The van der Waals surface area contributed by atoms with Crippen molar-refractivity contribution in [2.75, 3.05) is 19.7 Å². The maximum absolute atomic E-state index is 12.7. The SMILES string of the molecule is Cc1cccc(OCC2c3ccsc3CCN2C(=O)CNC(C)C)c1. The Morgan fingerprint density at radius 2 is 2.24 bits per heavy atom. The number of ether oxygens (including phenoxy) is 1. The second kappa shape index (κ2) is 8.02. The lowest BCUT2D eigenvalue weighted by atomic mass is 10.0. The zero-order valence-corrected chi connectivity index (χ0v) is 15.9. The Kier molecular flexibility index (Phi) is 5.76. The minimum Gasteiger partial charge on any atom is -0.491 e. The summed E-state index contributed by atoms with van der Waals surface area (Å²) in [5, 5.41) is 5.35. The van der Waals surface area contributed by atoms with E-state index < -0.39 is 0 Å². The van der Waals surface area contributed by atoms with E-state index in [9.17, 15) is 4.79 Å². The van der Waals surface area contributed by atoms with Crippen molar-refractivity contribution < 1.29 is 9.53 Å². The Morgan fingerprint density at radius 3 is 3.00 bits per heavy atom. The highest BCUT2D eigenvalue weighted by molar-refractivity contribution is 7.10. The van der Waals surface area contributed by atoms with E-state index in [1.165, 1.54) is 16.0 Å². The average molecular weight is 359 g/mol. The largest absolute Gasteiger partial charge is 0.491 e. The van der Waals surface area contributed by atoms with Crippen molar-refractivity contribution in [1.82, 2.24) is 10.2 Å². The topological polar surface area (TPSA) is 41.6 Å². The lowest BCUT2D eigenvalue weighted by Crippen LogP contribution is -2.46. The maximum atomic E-state index is 12.7. The molecular weight excluding hydrogens is 332 g/mol. The van der Waals surface area contributed by atoms with Crippen LogP contribution in [-0.4, -0.2) is 36.5 Å². The van der Waals surface area contributed by atoms with E-state index >= 15 is 0 Å². The first-order chi connectivity index (χ1) is 12.0. The number of nitrogens with zero attached hydrogens (tertiary/aromatic N) is 1. The molecule has 0 saturated heterocycles. The Morgan fingerprint density at radius 1 is 1.40 bits per heavy atom. The molecule has 5 heteroatoms. The van der Waals surface area contributed by atoms with E-state index in [0.29, 0.717) is 19.2 Å². The molecule has 25 heavy (non-hydrogen) atoms. The summed E-state index contributed by atoms with van der Waals surface area (Å²) in [5.41, 5.74) is 2.41. The zero-order chi connectivity index (χ0) is 17.8. The minimum absolute atomic E-state index is 0.0167. The number of rotatable bonds is 6. The summed E-state index contributed by atoms with van der Waals surface area (Å²) < 4.78 is 6.05. The molecule has 1 amide bonds. The molecule has 1 aliphatic heterocycles. The van der Waals surface area contributed by atoms with Crippen LogP contribution < -0.4 is 10.1 Å². The number of fused-ring (bicyclic) bond motifs is 1. The number of nitrogens with one attached hydrogen (secondary N) is 1. The van der Waals surface area contributed by atoms with Crippen LogP contribution in [0.3, 0.4) is 0 Å². The van der Waals surface area contributed by atoms with Gasteiger partial charge in [0.25, 0.3) is 0 Å². The molecule has 1 aromatic carbocycles. The minimum atomic E-state index is -0.0167. The van der Waals surface area contributed by atoms with Gasteiger partial charge in [-0.05, 0) is 48.1 Å². The highest BCUT2D eigenvalue weighted by Gasteiger charge is 2.32. The average Bonchev–Trinajstić information content (AvgIpc) is 3.06. The second-order valence-corrected chi connectivity index (χ2v) is 7.82. The third kappa shape index (κ3) is 4.41. The van der Waals surface area contributed by atoms with Gasteiger partial charge in [-0.25, -0.2) is 0 Å². The van der Waals surface area contributed by atoms with Crippen molar-refractivity contribution in [3.8, 4) is 5.75 Å². The summed E-state index contributed by atoms with van der Waals surface area (Å²) in [6, 6.07) is 10.5. The summed E-state index contributed by atoms with van der Waals surface area (Å²) in [4.78, 5) is 16.1. The van der Waals surface area contributed by atoms with Gasteiger partial charge in [0.05, 0.1) is 12.6 Å². The molecular formula is C20H26N2O2S. The Bertz CT molecular complexity index is 726. The Hall–Kier alpha value is -1.85. The number of aryl methyl sites for hydroxylation is 1. The first-order valence-electron chi connectivity index (χ1n) is 8.83. The third-order valence-electron chi connectivity index (χ3n) is 4.47. The molecule has 1 unspecified atom stereocenters. The predicted molar refractivity (Wildman–Crippen MR) is 102 cm³/mol. The Labute approximate surface area is 153 Å². The second-order valence-electron chi connectivity index (χ2n) is 6.82. The van der Waals surface area contributed by atoms with Gasteiger partial charge in [-0.2, -0.15) is 0 Å². The van der Waals surface area contributed by atoms with Crippen molar-refractivity contribution in [3.63, 3.8) is 0 Å². The highest BCUT2D eigenvalue weighted by atomic mass is 32.1. The van der Waals surface area contributed by atoms with Crippen LogP contribution >= 0.6 is 11.3 Å². The molecule has 0 bridgehead atoms. The van der Waals surface area contributed by atoms with Gasteiger partial charge in [-0.15, -0.1) is 11.3 Å². The van der Waals surface area contributed by atoms with Crippen LogP contribution in [0.1, 0.15) is 35.9 Å². The van der Waals surface area contributed by atoms with Crippen molar-refractivity contribution in [3.05, 3.63) is 51.7 Å². The van der Waals surface area contributed by atoms with E-state index in [1.807, 2.05) is 23.1 Å². The lowest BCUT2D eigenvalue weighted by Gasteiger charge is -2.36. The van der Waals surface area contributed by atoms with Gasteiger partial charge in [0.1, 0.15) is 12.4 Å². The summed E-state index contributed by atoms with van der Waals surface area (Å²) in [6.45, 7) is 7.78. The molecule has 3 rings (SSSR count). The quantitative estimate of drug-likeness (QED) is 0.858. The number of hydrogen-bond donors (Lipinski definition) is 1. The standard InChI is InChI=1S/C20H26N2O2S/c1-14(2)21-12-20(23)22-9-7-19-17(8-10-25-19)18(22)13-24-16-6-4-5-15(3)11-16/h4-6,8,10-11,14,18,21H,7,9,12-13H2,1-3H3. The smallest absolute Gasteiger partial charge is 0.237 e. The molecule has 4 nitrogen and oxygen atoms in total. The molecule has 2 aromatic rings. The third-order valence-corrected chi connectivity index (χ3v) is 5.47. The van der Waals surface area contributed by atoms with Crippen LogP contribution in [-0.2, 0) is 11.2 Å². The van der Waals surface area contributed by atoms with Crippen molar-refractivity contribution in [1.29, 1.82) is 0 Å². The molecule has 0 saturated carbocycles. The van der Waals surface area contributed by atoms with Gasteiger partial charge in [-0.3, -0.25) is 4.79 Å². The highest BCUT2D eigenvalue weighted by Crippen LogP contribution is 2.33. The molecule has 0 fully saturated rings. The van der Waals surface area contributed by atoms with Gasteiger partial charge in [0.2, 0.25) is 5.91 Å². The van der Waals surface area contributed by atoms with Crippen molar-refractivity contribution in [2.24, 2.45) is 0 Å². The molecule has 0 aliphatic carbocycles. The van der Waals surface area contributed by atoms with Crippen LogP contribution in [0.25, 0.3) is 0 Å². The molecule has 1 aliphatic rings. The van der Waals surface area contributed by atoms with Gasteiger partial charge in [0.15, 0.2) is 0 Å². The van der Waals surface area contributed by atoms with Crippen LogP contribution in [0, 0.1) is 6.92 Å². The first-order valence-corrected chi connectivity index (χ1v) is 9.71. The molecule has 134 valence electrons. The monoisotopic (exact) mass is 358 g/mol. The van der Waals surface area contributed by atoms with Gasteiger partial charge in [0, 0.05) is 17.5 Å². The molecule has 2 heterocycles. The fourth-order valence-corrected chi connectivity index (χ4v) is 4.08. The number of carbonyl (C=O) groups is 1. The summed E-state index contributed by atoms with van der Waals surface area (Å²) in [5.74, 6) is 0.999. The van der Waals surface area contributed by atoms with Crippen molar-refractivity contribution in [2.45, 2.75) is 39.3 Å². The van der Waals surface area contributed by atoms with E-state index in [-0.39, 0.29) is 11.9 Å². The van der Waals surface area contributed by atoms with E-state index in [1.54, 1.807) is 11.3 Å². The number of hydrogen-bond acceptors (Lipinski definition) is 4. The number of benzene rings is 1. The summed E-state index contributed by atoms with van der Waals surface area (Å²) >= 11 is 1.78.